The molecule has 2 rings (SSSR count). The van der Waals surface area contributed by atoms with E-state index in [2.05, 4.69) is 46.5 Å². The van der Waals surface area contributed by atoms with Gasteiger partial charge in [0.25, 0.3) is 0 Å². The van der Waals surface area contributed by atoms with Gasteiger partial charge in [-0.05, 0) is 23.3 Å². The summed E-state index contributed by atoms with van der Waals surface area (Å²) in [5.41, 5.74) is 4.98. The van der Waals surface area contributed by atoms with Gasteiger partial charge in [-0.2, -0.15) is 4.98 Å². The summed E-state index contributed by atoms with van der Waals surface area (Å²) in [4.78, 5) is 16.1. The first-order valence-corrected chi connectivity index (χ1v) is 8.64. The minimum Gasteiger partial charge on any atom is -0.390 e. The van der Waals surface area contributed by atoms with Crippen LogP contribution in [0.5, 0.6) is 0 Å². The first kappa shape index (κ1) is 18.9. The second-order valence-electron chi connectivity index (χ2n) is 8.71. The molecule has 0 amide bonds. The Morgan fingerprint density at radius 2 is 1.96 bits per heavy atom. The number of rotatable bonds is 4. The van der Waals surface area contributed by atoms with Crippen LogP contribution < -0.4 is 11.4 Å². The van der Waals surface area contributed by atoms with E-state index in [1.807, 2.05) is 0 Å². The Morgan fingerprint density at radius 1 is 1.33 bits per heavy atom. The van der Waals surface area contributed by atoms with Crippen LogP contribution in [0.4, 0.5) is 5.82 Å². The van der Waals surface area contributed by atoms with E-state index in [9.17, 15) is 9.90 Å². The van der Waals surface area contributed by atoms with Gasteiger partial charge in [-0.3, -0.25) is 4.57 Å². The van der Waals surface area contributed by atoms with E-state index in [0.717, 1.165) is 12.8 Å². The van der Waals surface area contributed by atoms with Crippen LogP contribution in [-0.4, -0.2) is 26.9 Å². The summed E-state index contributed by atoms with van der Waals surface area (Å²) in [6.45, 7) is 12.6. The smallest absolute Gasteiger partial charge is 0.351 e. The molecule has 1 aromatic rings. The van der Waals surface area contributed by atoms with Crippen LogP contribution in [0, 0.1) is 16.7 Å². The molecule has 0 radical (unpaired) electrons. The predicted octanol–water partition coefficient (Wildman–Crippen LogP) is 2.57. The van der Waals surface area contributed by atoms with Crippen molar-refractivity contribution in [2.45, 2.75) is 72.8 Å². The quantitative estimate of drug-likeness (QED) is 0.881. The lowest BCUT2D eigenvalue weighted by Gasteiger charge is -2.33. The molecule has 4 atom stereocenters. The van der Waals surface area contributed by atoms with Crippen LogP contribution in [-0.2, 0) is 4.74 Å². The number of nitrogen functional groups attached to an aromatic ring is 1. The van der Waals surface area contributed by atoms with Gasteiger partial charge in [0.2, 0.25) is 0 Å². The highest BCUT2D eigenvalue weighted by atomic mass is 16.5. The van der Waals surface area contributed by atoms with Crippen molar-refractivity contribution >= 4 is 5.82 Å². The molecule has 0 saturated carbocycles. The van der Waals surface area contributed by atoms with Crippen molar-refractivity contribution < 1.29 is 9.84 Å². The first-order chi connectivity index (χ1) is 11.0. The monoisotopic (exact) mass is 337 g/mol. The standard InChI is InChI=1S/C18H31N3O3/c1-7-18(5,6)10-11-14(22)13(17(2,3)4)15(24-11)21-9-8-12(19)20-16(21)23/h8-9,11,13-15,22H,7,10H2,1-6H3,(H2,19,20,23). The highest BCUT2D eigenvalue weighted by Crippen LogP contribution is 2.47. The lowest BCUT2D eigenvalue weighted by molar-refractivity contribution is -0.0482. The molecule has 1 aromatic heterocycles. The highest BCUT2D eigenvalue weighted by Gasteiger charge is 2.51. The highest BCUT2D eigenvalue weighted by molar-refractivity contribution is 5.23. The summed E-state index contributed by atoms with van der Waals surface area (Å²) in [5, 5.41) is 10.9. The van der Waals surface area contributed by atoms with Gasteiger partial charge in [0.15, 0.2) is 0 Å². The molecule has 6 nitrogen and oxygen atoms in total. The molecule has 3 N–H and O–H groups in total. The van der Waals surface area contributed by atoms with Crippen molar-refractivity contribution in [3.05, 3.63) is 22.7 Å². The molecule has 0 bridgehead atoms. The molecular formula is C18H31N3O3. The zero-order valence-electron chi connectivity index (χ0n) is 15.6. The number of aliphatic hydroxyl groups is 1. The Kier molecular flexibility index (Phi) is 5.11. The normalized spacial score (nSPS) is 28.3. The third-order valence-electron chi connectivity index (χ3n) is 5.21. The van der Waals surface area contributed by atoms with Crippen LogP contribution in [0.3, 0.4) is 0 Å². The maximum Gasteiger partial charge on any atom is 0.351 e. The first-order valence-electron chi connectivity index (χ1n) is 8.64. The number of hydrogen-bond acceptors (Lipinski definition) is 5. The fourth-order valence-electron chi connectivity index (χ4n) is 3.40. The van der Waals surface area contributed by atoms with Crippen molar-refractivity contribution in [1.82, 2.24) is 9.55 Å². The van der Waals surface area contributed by atoms with Gasteiger partial charge < -0.3 is 15.6 Å². The van der Waals surface area contributed by atoms with E-state index < -0.39 is 18.0 Å². The molecule has 1 saturated heterocycles. The predicted molar refractivity (Wildman–Crippen MR) is 94.5 cm³/mol. The van der Waals surface area contributed by atoms with Crippen LogP contribution in [0.25, 0.3) is 0 Å². The summed E-state index contributed by atoms with van der Waals surface area (Å²) < 4.78 is 7.64. The van der Waals surface area contributed by atoms with Crippen molar-refractivity contribution in [3.8, 4) is 0 Å². The number of hydrogen-bond donors (Lipinski definition) is 2. The average Bonchev–Trinajstić information content (AvgIpc) is 2.75. The van der Waals surface area contributed by atoms with Gasteiger partial charge in [0, 0.05) is 12.1 Å². The van der Waals surface area contributed by atoms with Gasteiger partial charge >= 0.3 is 5.69 Å². The lowest BCUT2D eigenvalue weighted by Crippen LogP contribution is -2.39. The number of anilines is 1. The summed E-state index contributed by atoms with van der Waals surface area (Å²) >= 11 is 0. The SMILES string of the molecule is CCC(C)(C)CC1OC(n2ccc(N)nc2=O)C(C(C)(C)C)C1O. The Bertz CT molecular complexity index is 633. The molecule has 0 aliphatic carbocycles. The van der Waals surface area contributed by atoms with E-state index >= 15 is 0 Å². The number of aromatic nitrogens is 2. The minimum atomic E-state index is -0.634. The molecule has 2 heterocycles. The van der Waals surface area contributed by atoms with Gasteiger partial charge in [-0.15, -0.1) is 0 Å². The second-order valence-corrected chi connectivity index (χ2v) is 8.71. The lowest BCUT2D eigenvalue weighted by atomic mass is 9.74. The van der Waals surface area contributed by atoms with E-state index in [1.54, 1.807) is 12.3 Å². The van der Waals surface area contributed by atoms with Crippen molar-refractivity contribution in [3.63, 3.8) is 0 Å². The van der Waals surface area contributed by atoms with Crippen molar-refractivity contribution in [2.75, 3.05) is 5.73 Å². The second kappa shape index (κ2) is 6.48. The zero-order chi connectivity index (χ0) is 18.3. The Hall–Kier alpha value is -1.40. The van der Waals surface area contributed by atoms with E-state index in [1.165, 1.54) is 4.57 Å². The van der Waals surface area contributed by atoms with E-state index in [4.69, 9.17) is 10.5 Å². The molecule has 0 spiro atoms. The van der Waals surface area contributed by atoms with Crippen molar-refractivity contribution in [2.24, 2.45) is 16.7 Å². The third-order valence-corrected chi connectivity index (χ3v) is 5.21. The van der Waals surface area contributed by atoms with Crippen LogP contribution >= 0.6 is 0 Å². The fraction of sp³-hybridized carbons (Fsp3) is 0.778. The molecule has 4 unspecified atom stereocenters. The average molecular weight is 337 g/mol. The molecule has 136 valence electrons. The summed E-state index contributed by atoms with van der Waals surface area (Å²) in [7, 11) is 0. The van der Waals surface area contributed by atoms with Crippen LogP contribution in [0.2, 0.25) is 0 Å². The molecule has 24 heavy (non-hydrogen) atoms. The molecule has 0 aromatic carbocycles. The number of nitrogens with zero attached hydrogens (tertiary/aromatic N) is 2. The molecule has 6 heteroatoms. The maximum absolute atomic E-state index is 12.3. The minimum absolute atomic E-state index is 0.0628. The molecule has 1 aliphatic heterocycles. The topological polar surface area (TPSA) is 90.4 Å². The van der Waals surface area contributed by atoms with Gasteiger partial charge in [0.05, 0.1) is 12.2 Å². The van der Waals surface area contributed by atoms with Crippen molar-refractivity contribution in [1.29, 1.82) is 0 Å². The van der Waals surface area contributed by atoms with Crippen LogP contribution in [0.1, 0.15) is 60.6 Å². The molecular weight excluding hydrogens is 306 g/mol. The molecule has 1 aliphatic rings. The number of ether oxygens (including phenoxy) is 1. The Morgan fingerprint density at radius 3 is 2.46 bits per heavy atom. The van der Waals surface area contributed by atoms with Gasteiger partial charge in [0.1, 0.15) is 12.0 Å². The maximum atomic E-state index is 12.3. The van der Waals surface area contributed by atoms with E-state index in [0.29, 0.717) is 0 Å². The summed E-state index contributed by atoms with van der Waals surface area (Å²) in [6.07, 6.45) is 1.86. The summed E-state index contributed by atoms with van der Waals surface area (Å²) in [5.74, 6) is -0.0240. The zero-order valence-corrected chi connectivity index (χ0v) is 15.6. The number of nitrogens with two attached hydrogens (primary N) is 1. The third kappa shape index (κ3) is 3.81. The number of aliphatic hydroxyl groups excluding tert-OH is 1. The largest absolute Gasteiger partial charge is 0.390 e. The fourth-order valence-corrected chi connectivity index (χ4v) is 3.40. The van der Waals surface area contributed by atoms with Crippen LogP contribution in [0.15, 0.2) is 17.1 Å². The van der Waals surface area contributed by atoms with E-state index in [-0.39, 0.29) is 28.7 Å². The Balaban J connectivity index is 2.40. The summed E-state index contributed by atoms with van der Waals surface area (Å²) in [6, 6.07) is 1.58. The van der Waals surface area contributed by atoms with Gasteiger partial charge in [-0.1, -0.05) is 48.0 Å². The molecule has 1 fully saturated rings. The Labute approximate surface area is 144 Å². The van der Waals surface area contributed by atoms with Gasteiger partial charge in [-0.25, -0.2) is 4.79 Å².